The van der Waals surface area contributed by atoms with E-state index in [9.17, 15) is 18.0 Å². The van der Waals surface area contributed by atoms with Gasteiger partial charge in [0.05, 0.1) is 23.1 Å². The van der Waals surface area contributed by atoms with Gasteiger partial charge in [0.15, 0.2) is 16.4 Å². The van der Waals surface area contributed by atoms with Crippen LogP contribution in [0.25, 0.3) is 0 Å². The van der Waals surface area contributed by atoms with Crippen LogP contribution in [0.2, 0.25) is 0 Å². The third-order valence-electron chi connectivity index (χ3n) is 4.82. The van der Waals surface area contributed by atoms with Crippen molar-refractivity contribution < 1.29 is 22.7 Å². The highest BCUT2D eigenvalue weighted by molar-refractivity contribution is 7.91. The zero-order valence-corrected chi connectivity index (χ0v) is 16.7. The van der Waals surface area contributed by atoms with Gasteiger partial charge in [0.1, 0.15) is 0 Å². The Kier molecular flexibility index (Phi) is 5.84. The van der Waals surface area contributed by atoms with Crippen LogP contribution < -0.4 is 4.90 Å². The lowest BCUT2D eigenvalue weighted by Crippen LogP contribution is -2.43. The average Bonchev–Trinajstić information content (AvgIpc) is 3.02. The third-order valence-corrected chi connectivity index (χ3v) is 6.57. The number of rotatable bonds is 5. The van der Waals surface area contributed by atoms with Gasteiger partial charge in [-0.1, -0.05) is 35.9 Å². The Balaban J connectivity index is 1.76. The zero-order chi connectivity index (χ0) is 20.3. The molecule has 2 aromatic rings. The van der Waals surface area contributed by atoms with Crippen LogP contribution in [0.5, 0.6) is 0 Å². The molecule has 1 atom stereocenters. The molecule has 1 amide bonds. The lowest BCUT2D eigenvalue weighted by molar-refractivity contribution is -0.122. The van der Waals surface area contributed by atoms with E-state index in [1.165, 1.54) is 4.90 Å². The fourth-order valence-corrected chi connectivity index (χ4v) is 5.06. The molecule has 0 N–H and O–H groups in total. The first-order valence-electron chi connectivity index (χ1n) is 9.09. The summed E-state index contributed by atoms with van der Waals surface area (Å²) in [5.41, 5.74) is 2.70. The number of hydrogen-bond acceptors (Lipinski definition) is 5. The normalized spacial score (nSPS) is 17.9. The highest BCUT2D eigenvalue weighted by Gasteiger charge is 2.35. The summed E-state index contributed by atoms with van der Waals surface area (Å²) >= 11 is 0. The Hall–Kier alpha value is -2.67. The Morgan fingerprint density at radius 3 is 2.46 bits per heavy atom. The molecule has 3 rings (SSSR count). The maximum atomic E-state index is 12.9. The van der Waals surface area contributed by atoms with Gasteiger partial charge in [-0.2, -0.15) is 0 Å². The number of aryl methyl sites for hydroxylation is 2. The first kappa shape index (κ1) is 20.1. The fourth-order valence-electron chi connectivity index (χ4n) is 3.36. The summed E-state index contributed by atoms with van der Waals surface area (Å²) in [6, 6.07) is 13.9. The van der Waals surface area contributed by atoms with Crippen LogP contribution in [0, 0.1) is 13.8 Å². The van der Waals surface area contributed by atoms with E-state index in [4.69, 9.17) is 4.74 Å². The van der Waals surface area contributed by atoms with Crippen LogP contribution in [-0.2, 0) is 19.4 Å². The van der Waals surface area contributed by atoms with Gasteiger partial charge >= 0.3 is 5.97 Å². The molecule has 0 aromatic heterocycles. The molecule has 0 spiro atoms. The Labute approximate surface area is 165 Å². The van der Waals surface area contributed by atoms with Crippen LogP contribution >= 0.6 is 0 Å². The molecule has 7 heteroatoms. The SMILES string of the molecule is Cc1ccc(C)c(C(=O)OCC(=O)N(c2ccccc2)[C@@H]2CCS(=O)(=O)C2)c1. The van der Waals surface area contributed by atoms with Crippen molar-refractivity contribution in [3.8, 4) is 0 Å². The number of anilines is 1. The molecule has 0 aliphatic carbocycles. The molecule has 0 saturated carbocycles. The smallest absolute Gasteiger partial charge is 0.338 e. The largest absolute Gasteiger partial charge is 0.452 e. The monoisotopic (exact) mass is 401 g/mol. The van der Waals surface area contributed by atoms with Crippen LogP contribution in [0.15, 0.2) is 48.5 Å². The molecule has 148 valence electrons. The number of sulfone groups is 1. The van der Waals surface area contributed by atoms with Gasteiger partial charge in [0, 0.05) is 5.69 Å². The molecule has 1 aliphatic rings. The second-order valence-corrected chi connectivity index (χ2v) is 9.28. The van der Waals surface area contributed by atoms with Crippen molar-refractivity contribution in [2.75, 3.05) is 23.0 Å². The second-order valence-electron chi connectivity index (χ2n) is 7.05. The van der Waals surface area contributed by atoms with E-state index in [1.54, 1.807) is 37.3 Å². The standard InChI is InChI=1S/C21H23NO5S/c1-15-8-9-16(2)19(12-15)21(24)27-13-20(23)22(17-6-4-3-5-7-17)18-10-11-28(25,26)14-18/h3-9,12,18H,10-11,13-14H2,1-2H3/t18-/m1/s1. The molecule has 0 unspecified atom stereocenters. The molecule has 1 fully saturated rings. The number of amides is 1. The van der Waals surface area contributed by atoms with Crippen molar-refractivity contribution in [3.05, 3.63) is 65.2 Å². The zero-order valence-electron chi connectivity index (χ0n) is 15.9. The third kappa shape index (κ3) is 4.59. The molecule has 0 bridgehead atoms. The van der Waals surface area contributed by atoms with Crippen molar-refractivity contribution in [2.45, 2.75) is 26.3 Å². The number of esters is 1. The first-order valence-corrected chi connectivity index (χ1v) is 10.9. The van der Waals surface area contributed by atoms with Crippen LogP contribution in [0.1, 0.15) is 27.9 Å². The number of ether oxygens (including phenoxy) is 1. The van der Waals surface area contributed by atoms with E-state index in [2.05, 4.69) is 0 Å². The highest BCUT2D eigenvalue weighted by Crippen LogP contribution is 2.24. The Bertz CT molecular complexity index is 985. The van der Waals surface area contributed by atoms with E-state index < -0.39 is 34.4 Å². The van der Waals surface area contributed by atoms with E-state index in [0.29, 0.717) is 17.7 Å². The van der Waals surface area contributed by atoms with Gasteiger partial charge < -0.3 is 9.64 Å². The number of carbonyl (C=O) groups excluding carboxylic acids is 2. The predicted octanol–water partition coefficient (Wildman–Crippen LogP) is 2.68. The van der Waals surface area contributed by atoms with E-state index in [1.807, 2.05) is 25.1 Å². The fraction of sp³-hybridized carbons (Fsp3) is 0.333. The van der Waals surface area contributed by atoms with Crippen LogP contribution in [0.3, 0.4) is 0 Å². The molecule has 0 radical (unpaired) electrons. The Morgan fingerprint density at radius 1 is 1.11 bits per heavy atom. The van der Waals surface area contributed by atoms with Crippen molar-refractivity contribution in [2.24, 2.45) is 0 Å². The maximum absolute atomic E-state index is 12.9. The van der Waals surface area contributed by atoms with Gasteiger partial charge in [-0.3, -0.25) is 4.79 Å². The van der Waals surface area contributed by atoms with Crippen molar-refractivity contribution >= 4 is 27.4 Å². The van der Waals surface area contributed by atoms with E-state index in [-0.39, 0.29) is 11.5 Å². The summed E-state index contributed by atoms with van der Waals surface area (Å²) < 4.78 is 29.1. The molecule has 1 saturated heterocycles. The molecule has 1 aliphatic heterocycles. The topological polar surface area (TPSA) is 80.8 Å². The summed E-state index contributed by atoms with van der Waals surface area (Å²) in [5, 5.41) is 0. The summed E-state index contributed by atoms with van der Waals surface area (Å²) in [5.74, 6) is -1.04. The summed E-state index contributed by atoms with van der Waals surface area (Å²) in [4.78, 5) is 26.7. The lowest BCUT2D eigenvalue weighted by atomic mass is 10.1. The molecule has 28 heavy (non-hydrogen) atoms. The van der Waals surface area contributed by atoms with Crippen molar-refractivity contribution in [3.63, 3.8) is 0 Å². The predicted molar refractivity (Wildman–Crippen MR) is 107 cm³/mol. The van der Waals surface area contributed by atoms with E-state index >= 15 is 0 Å². The molecular formula is C21H23NO5S. The van der Waals surface area contributed by atoms with Gasteiger partial charge in [-0.05, 0) is 44.0 Å². The first-order chi connectivity index (χ1) is 13.3. The van der Waals surface area contributed by atoms with Gasteiger partial charge in [-0.25, -0.2) is 13.2 Å². The molecule has 1 heterocycles. The molecule has 2 aromatic carbocycles. The minimum atomic E-state index is -3.17. The maximum Gasteiger partial charge on any atom is 0.338 e. The molecular weight excluding hydrogens is 378 g/mol. The van der Waals surface area contributed by atoms with Gasteiger partial charge in [-0.15, -0.1) is 0 Å². The van der Waals surface area contributed by atoms with Gasteiger partial charge in [0.2, 0.25) is 0 Å². The number of carbonyl (C=O) groups is 2. The second kappa shape index (κ2) is 8.14. The van der Waals surface area contributed by atoms with E-state index in [0.717, 1.165) is 11.1 Å². The minimum absolute atomic E-state index is 0.0521. The highest BCUT2D eigenvalue weighted by atomic mass is 32.2. The summed E-state index contributed by atoms with van der Waals surface area (Å²) in [6.07, 6.45) is 0.369. The van der Waals surface area contributed by atoms with Crippen molar-refractivity contribution in [1.82, 2.24) is 0 Å². The van der Waals surface area contributed by atoms with Crippen LogP contribution in [-0.4, -0.2) is 44.4 Å². The summed E-state index contributed by atoms with van der Waals surface area (Å²) in [6.45, 7) is 3.23. The van der Waals surface area contributed by atoms with Crippen LogP contribution in [0.4, 0.5) is 5.69 Å². The van der Waals surface area contributed by atoms with Crippen molar-refractivity contribution in [1.29, 1.82) is 0 Å². The minimum Gasteiger partial charge on any atom is -0.452 e. The average molecular weight is 401 g/mol. The lowest BCUT2D eigenvalue weighted by Gasteiger charge is -2.28. The number of nitrogens with zero attached hydrogens (tertiary/aromatic N) is 1. The summed E-state index contributed by atoms with van der Waals surface area (Å²) in [7, 11) is -3.17. The number of benzene rings is 2. The molecule has 6 nitrogen and oxygen atoms in total. The quantitative estimate of drug-likeness (QED) is 0.720. The Morgan fingerprint density at radius 2 is 1.82 bits per heavy atom. The number of para-hydroxylation sites is 1. The van der Waals surface area contributed by atoms with Gasteiger partial charge in [0.25, 0.3) is 5.91 Å². The number of hydrogen-bond donors (Lipinski definition) is 0.